The van der Waals surface area contributed by atoms with Gasteiger partial charge < -0.3 is 15.5 Å². The van der Waals surface area contributed by atoms with Crippen LogP contribution in [-0.2, 0) is 4.79 Å². The third-order valence-corrected chi connectivity index (χ3v) is 2.35. The minimum Gasteiger partial charge on any atom is -0.390 e. The highest BCUT2D eigenvalue weighted by molar-refractivity contribution is 5.83. The van der Waals surface area contributed by atoms with Crippen molar-refractivity contribution in [3.05, 3.63) is 0 Å². The van der Waals surface area contributed by atoms with Crippen LogP contribution in [0.1, 0.15) is 6.42 Å². The number of rotatable bonds is 0. The van der Waals surface area contributed by atoms with Crippen LogP contribution in [0.15, 0.2) is 0 Å². The molecule has 2 fully saturated rings. The third kappa shape index (κ3) is 0.552. The quantitative estimate of drug-likeness (QED) is 0.375. The van der Waals surface area contributed by atoms with Gasteiger partial charge in [-0.25, -0.2) is 0 Å². The lowest BCUT2D eigenvalue weighted by Gasteiger charge is -2.22. The number of carbonyl (C=O) groups is 1. The smallest absolute Gasteiger partial charge is 0.226 e. The highest BCUT2D eigenvalue weighted by Gasteiger charge is 2.51. The van der Waals surface area contributed by atoms with Crippen molar-refractivity contribution in [2.45, 2.75) is 24.7 Å². The molecule has 2 aliphatic rings. The van der Waals surface area contributed by atoms with E-state index in [2.05, 4.69) is 5.32 Å². The Kier molecular flexibility index (Phi) is 1.04. The molecule has 4 nitrogen and oxygen atoms in total. The molecule has 2 unspecified atom stereocenters. The van der Waals surface area contributed by atoms with Crippen LogP contribution in [0, 0.1) is 5.92 Å². The first-order chi connectivity index (χ1) is 4.70. The molecule has 0 aromatic heterocycles. The van der Waals surface area contributed by atoms with Gasteiger partial charge in [-0.2, -0.15) is 0 Å². The zero-order valence-corrected chi connectivity index (χ0v) is 5.32. The number of amides is 1. The molecular weight excluding hydrogens is 134 g/mol. The summed E-state index contributed by atoms with van der Waals surface area (Å²) in [6.07, 6.45) is -0.998. The van der Waals surface area contributed by atoms with Crippen molar-refractivity contribution in [3.8, 4) is 0 Å². The summed E-state index contributed by atoms with van der Waals surface area (Å²) in [7, 11) is 0. The van der Waals surface area contributed by atoms with Crippen molar-refractivity contribution in [1.82, 2.24) is 5.32 Å². The second-order valence-electron chi connectivity index (χ2n) is 2.94. The molecule has 10 heavy (non-hydrogen) atoms. The van der Waals surface area contributed by atoms with E-state index in [1.54, 1.807) is 0 Å². The second kappa shape index (κ2) is 1.71. The Morgan fingerprint density at radius 1 is 1.40 bits per heavy atom. The SMILES string of the molecule is O=C1N[C@@H]2C[C@H]1C(O)C2O. The minimum atomic E-state index is -0.834. The molecular formula is C6H9NO3. The van der Waals surface area contributed by atoms with E-state index in [0.29, 0.717) is 6.42 Å². The summed E-state index contributed by atoms with van der Waals surface area (Å²) < 4.78 is 0. The summed E-state index contributed by atoms with van der Waals surface area (Å²) in [5.74, 6) is -0.484. The lowest BCUT2D eigenvalue weighted by Crippen LogP contribution is -2.48. The lowest BCUT2D eigenvalue weighted by molar-refractivity contribution is -0.131. The zero-order chi connectivity index (χ0) is 7.30. The topological polar surface area (TPSA) is 69.6 Å². The Bertz CT molecular complexity index is 180. The summed E-state index contributed by atoms with van der Waals surface area (Å²) >= 11 is 0. The molecule has 2 bridgehead atoms. The van der Waals surface area contributed by atoms with Gasteiger partial charge in [-0.05, 0) is 6.42 Å². The highest BCUT2D eigenvalue weighted by atomic mass is 16.3. The molecule has 2 rings (SSSR count). The molecule has 0 aromatic rings. The van der Waals surface area contributed by atoms with E-state index in [1.807, 2.05) is 0 Å². The summed E-state index contributed by atoms with van der Waals surface area (Å²) in [6, 6.07) is -0.201. The van der Waals surface area contributed by atoms with Crippen molar-refractivity contribution >= 4 is 5.91 Å². The maximum Gasteiger partial charge on any atom is 0.226 e. The largest absolute Gasteiger partial charge is 0.390 e. The predicted octanol–water partition coefficient (Wildman–Crippen LogP) is -1.77. The highest BCUT2D eigenvalue weighted by Crippen LogP contribution is 2.32. The molecule has 4 atom stereocenters. The van der Waals surface area contributed by atoms with Gasteiger partial charge in [-0.1, -0.05) is 0 Å². The first-order valence-electron chi connectivity index (χ1n) is 3.36. The van der Waals surface area contributed by atoms with E-state index >= 15 is 0 Å². The fraction of sp³-hybridized carbons (Fsp3) is 0.833. The summed E-state index contributed by atoms with van der Waals surface area (Å²) in [4.78, 5) is 10.8. The van der Waals surface area contributed by atoms with E-state index < -0.39 is 12.2 Å². The van der Waals surface area contributed by atoms with Crippen LogP contribution < -0.4 is 5.32 Å². The van der Waals surface area contributed by atoms with Gasteiger partial charge in [0.1, 0.15) is 6.10 Å². The summed E-state index contributed by atoms with van der Waals surface area (Å²) in [5, 5.41) is 20.9. The van der Waals surface area contributed by atoms with Gasteiger partial charge in [-0.3, -0.25) is 4.79 Å². The first-order valence-corrected chi connectivity index (χ1v) is 3.36. The summed E-state index contributed by atoms with van der Waals surface area (Å²) in [5.41, 5.74) is 0. The zero-order valence-electron chi connectivity index (χ0n) is 5.32. The van der Waals surface area contributed by atoms with E-state index in [1.165, 1.54) is 0 Å². The number of aliphatic hydroxyl groups excluding tert-OH is 2. The van der Waals surface area contributed by atoms with Gasteiger partial charge in [0.2, 0.25) is 5.91 Å². The summed E-state index contributed by atoms with van der Waals surface area (Å²) in [6.45, 7) is 0. The van der Waals surface area contributed by atoms with Crippen molar-refractivity contribution in [2.24, 2.45) is 5.92 Å². The molecule has 1 saturated heterocycles. The standard InChI is InChI=1S/C6H9NO3/c8-4-2-1-3(5(4)9)7-6(2)10/h2-5,8-9H,1H2,(H,7,10)/t2-,3+,4?,5?/m0/s1. The van der Waals surface area contributed by atoms with Gasteiger partial charge in [0.25, 0.3) is 0 Å². The molecule has 1 aliphatic carbocycles. The van der Waals surface area contributed by atoms with Crippen LogP contribution in [0.25, 0.3) is 0 Å². The Labute approximate surface area is 57.9 Å². The maximum absolute atomic E-state index is 10.8. The number of aliphatic hydroxyl groups is 2. The monoisotopic (exact) mass is 143 g/mol. The van der Waals surface area contributed by atoms with E-state index in [4.69, 9.17) is 10.2 Å². The van der Waals surface area contributed by atoms with Gasteiger partial charge in [0.05, 0.1) is 18.1 Å². The van der Waals surface area contributed by atoms with Crippen LogP contribution in [0.2, 0.25) is 0 Å². The molecule has 1 heterocycles. The van der Waals surface area contributed by atoms with E-state index in [-0.39, 0.29) is 17.9 Å². The number of piperidine rings is 1. The van der Waals surface area contributed by atoms with Crippen molar-refractivity contribution in [1.29, 1.82) is 0 Å². The van der Waals surface area contributed by atoms with Gasteiger partial charge in [0.15, 0.2) is 0 Å². The van der Waals surface area contributed by atoms with Crippen LogP contribution >= 0.6 is 0 Å². The molecule has 1 amide bonds. The van der Waals surface area contributed by atoms with Crippen molar-refractivity contribution in [3.63, 3.8) is 0 Å². The predicted molar refractivity (Wildman–Crippen MR) is 32.1 cm³/mol. The Balaban J connectivity index is 2.24. The number of carbonyl (C=O) groups excluding carboxylic acids is 1. The van der Waals surface area contributed by atoms with E-state index in [9.17, 15) is 4.79 Å². The van der Waals surface area contributed by atoms with Crippen LogP contribution in [0.4, 0.5) is 0 Å². The Morgan fingerprint density at radius 2 is 2.10 bits per heavy atom. The molecule has 0 spiro atoms. The third-order valence-electron chi connectivity index (χ3n) is 2.35. The molecule has 56 valence electrons. The Hall–Kier alpha value is -0.610. The number of hydrogen-bond donors (Lipinski definition) is 3. The second-order valence-corrected chi connectivity index (χ2v) is 2.94. The fourth-order valence-corrected chi connectivity index (χ4v) is 1.72. The number of fused-ring (bicyclic) bond motifs is 2. The van der Waals surface area contributed by atoms with Crippen molar-refractivity contribution < 1.29 is 15.0 Å². The van der Waals surface area contributed by atoms with Gasteiger partial charge in [-0.15, -0.1) is 0 Å². The normalized spacial score (nSPS) is 51.6. The number of hydrogen-bond acceptors (Lipinski definition) is 3. The average Bonchev–Trinajstić information content (AvgIpc) is 2.36. The lowest BCUT2D eigenvalue weighted by atomic mass is 10.1. The molecule has 4 heteroatoms. The minimum absolute atomic E-state index is 0.122. The molecule has 0 aromatic carbocycles. The van der Waals surface area contributed by atoms with Gasteiger partial charge >= 0.3 is 0 Å². The molecule has 0 radical (unpaired) electrons. The van der Waals surface area contributed by atoms with Gasteiger partial charge in [0, 0.05) is 0 Å². The maximum atomic E-state index is 10.8. The van der Waals surface area contributed by atoms with Crippen LogP contribution in [0.3, 0.4) is 0 Å². The van der Waals surface area contributed by atoms with E-state index in [0.717, 1.165) is 0 Å². The van der Waals surface area contributed by atoms with Crippen LogP contribution in [0.5, 0.6) is 0 Å². The molecule has 3 N–H and O–H groups in total. The first kappa shape index (κ1) is 6.12. The molecule has 1 aliphatic heterocycles. The molecule has 1 saturated carbocycles. The van der Waals surface area contributed by atoms with Crippen molar-refractivity contribution in [2.75, 3.05) is 0 Å². The Morgan fingerprint density at radius 3 is 2.50 bits per heavy atom. The number of nitrogens with one attached hydrogen (secondary N) is 1. The average molecular weight is 143 g/mol. The van der Waals surface area contributed by atoms with Crippen LogP contribution in [-0.4, -0.2) is 34.4 Å². The fourth-order valence-electron chi connectivity index (χ4n) is 1.72.